The first-order chi connectivity index (χ1) is 10.6. The van der Waals surface area contributed by atoms with Crippen LogP contribution in [-0.2, 0) is 16.1 Å². The van der Waals surface area contributed by atoms with Crippen molar-refractivity contribution in [1.82, 2.24) is 5.32 Å². The Kier molecular flexibility index (Phi) is 5.19. The highest BCUT2D eigenvalue weighted by Crippen LogP contribution is 2.27. The minimum Gasteiger partial charge on any atom is -0.495 e. The lowest BCUT2D eigenvalue weighted by Crippen LogP contribution is -2.39. The Morgan fingerprint density at radius 2 is 2.00 bits per heavy atom. The second kappa shape index (κ2) is 7.31. The third kappa shape index (κ3) is 3.88. The zero-order valence-corrected chi connectivity index (χ0v) is 12.5. The highest BCUT2D eigenvalue weighted by molar-refractivity contribution is 5.98. The predicted octanol–water partition coefficient (Wildman–Crippen LogP) is 1.96. The molecular formula is C16H18N2O4. The molecule has 116 valence electrons. The third-order valence-electron chi connectivity index (χ3n) is 3.10. The van der Waals surface area contributed by atoms with Crippen molar-refractivity contribution in [2.24, 2.45) is 0 Å². The maximum atomic E-state index is 12.0. The van der Waals surface area contributed by atoms with Crippen LogP contribution < -0.4 is 15.0 Å². The molecule has 2 rings (SSSR count). The summed E-state index contributed by atoms with van der Waals surface area (Å²) >= 11 is 0. The zero-order valence-electron chi connectivity index (χ0n) is 12.5. The first-order valence-corrected chi connectivity index (χ1v) is 6.82. The fourth-order valence-electron chi connectivity index (χ4n) is 2.02. The first-order valence-electron chi connectivity index (χ1n) is 6.82. The molecule has 1 heterocycles. The number of furan rings is 1. The van der Waals surface area contributed by atoms with Gasteiger partial charge in [-0.3, -0.25) is 14.5 Å². The SMILES string of the molecule is COc1ccccc1N(CC(=O)NCc1ccco1)C(C)=O. The van der Waals surface area contributed by atoms with Crippen LogP contribution >= 0.6 is 0 Å². The number of rotatable bonds is 6. The van der Waals surface area contributed by atoms with E-state index in [-0.39, 0.29) is 24.9 Å². The second-order valence-electron chi connectivity index (χ2n) is 4.63. The van der Waals surface area contributed by atoms with Gasteiger partial charge in [-0.15, -0.1) is 0 Å². The minimum absolute atomic E-state index is 0.0869. The number of carbonyl (C=O) groups excluding carboxylic acids is 2. The van der Waals surface area contributed by atoms with E-state index in [1.807, 2.05) is 0 Å². The predicted molar refractivity (Wildman–Crippen MR) is 81.6 cm³/mol. The molecule has 1 aromatic heterocycles. The normalized spacial score (nSPS) is 10.1. The lowest BCUT2D eigenvalue weighted by Gasteiger charge is -2.22. The number of anilines is 1. The van der Waals surface area contributed by atoms with Gasteiger partial charge in [-0.2, -0.15) is 0 Å². The van der Waals surface area contributed by atoms with E-state index in [9.17, 15) is 9.59 Å². The van der Waals surface area contributed by atoms with Crippen LogP contribution in [0.5, 0.6) is 5.75 Å². The maximum Gasteiger partial charge on any atom is 0.240 e. The average Bonchev–Trinajstić information content (AvgIpc) is 3.03. The van der Waals surface area contributed by atoms with Gasteiger partial charge in [0, 0.05) is 6.92 Å². The molecule has 2 amide bonds. The fourth-order valence-corrected chi connectivity index (χ4v) is 2.02. The molecule has 2 aromatic rings. The zero-order chi connectivity index (χ0) is 15.9. The highest BCUT2D eigenvalue weighted by Gasteiger charge is 2.19. The quantitative estimate of drug-likeness (QED) is 0.885. The molecule has 0 spiro atoms. The van der Waals surface area contributed by atoms with Gasteiger partial charge in [-0.05, 0) is 24.3 Å². The van der Waals surface area contributed by atoms with E-state index in [0.29, 0.717) is 17.2 Å². The average molecular weight is 302 g/mol. The molecule has 1 N–H and O–H groups in total. The number of nitrogens with one attached hydrogen (secondary N) is 1. The van der Waals surface area contributed by atoms with Gasteiger partial charge in [0.05, 0.1) is 25.6 Å². The molecule has 0 aliphatic rings. The number of ether oxygens (including phenoxy) is 1. The molecular weight excluding hydrogens is 284 g/mol. The largest absolute Gasteiger partial charge is 0.495 e. The number of hydrogen-bond donors (Lipinski definition) is 1. The summed E-state index contributed by atoms with van der Waals surface area (Å²) in [5.74, 6) is 0.673. The summed E-state index contributed by atoms with van der Waals surface area (Å²) < 4.78 is 10.4. The van der Waals surface area contributed by atoms with Crippen molar-refractivity contribution in [2.45, 2.75) is 13.5 Å². The van der Waals surface area contributed by atoms with Crippen LogP contribution in [0.3, 0.4) is 0 Å². The highest BCUT2D eigenvalue weighted by atomic mass is 16.5. The first kappa shape index (κ1) is 15.6. The molecule has 0 saturated carbocycles. The van der Waals surface area contributed by atoms with Crippen LogP contribution in [0.2, 0.25) is 0 Å². The van der Waals surface area contributed by atoms with Crippen LogP contribution in [0.4, 0.5) is 5.69 Å². The number of amides is 2. The van der Waals surface area contributed by atoms with Gasteiger partial charge in [-0.1, -0.05) is 12.1 Å². The van der Waals surface area contributed by atoms with Crippen LogP contribution in [0.1, 0.15) is 12.7 Å². The summed E-state index contributed by atoms with van der Waals surface area (Å²) in [5, 5.41) is 2.71. The van der Waals surface area contributed by atoms with Crippen molar-refractivity contribution in [1.29, 1.82) is 0 Å². The maximum absolute atomic E-state index is 12.0. The fraction of sp³-hybridized carbons (Fsp3) is 0.250. The number of methoxy groups -OCH3 is 1. The standard InChI is InChI=1S/C16H18N2O4/c1-12(19)18(14-7-3-4-8-15(14)21-2)11-16(20)17-10-13-6-5-9-22-13/h3-9H,10-11H2,1-2H3,(H,17,20). The molecule has 0 bridgehead atoms. The van der Waals surface area contributed by atoms with E-state index in [1.165, 1.54) is 25.2 Å². The van der Waals surface area contributed by atoms with E-state index >= 15 is 0 Å². The summed E-state index contributed by atoms with van der Waals surface area (Å²) in [6.07, 6.45) is 1.54. The molecule has 0 aliphatic carbocycles. The van der Waals surface area contributed by atoms with Crippen molar-refractivity contribution in [2.75, 3.05) is 18.6 Å². The number of hydrogen-bond acceptors (Lipinski definition) is 4. The van der Waals surface area contributed by atoms with Gasteiger partial charge in [-0.25, -0.2) is 0 Å². The van der Waals surface area contributed by atoms with Gasteiger partial charge in [0.25, 0.3) is 0 Å². The minimum atomic E-state index is -0.280. The van der Waals surface area contributed by atoms with Crippen molar-refractivity contribution in [3.8, 4) is 5.75 Å². The topological polar surface area (TPSA) is 71.8 Å². The van der Waals surface area contributed by atoms with Crippen LogP contribution in [0.15, 0.2) is 47.1 Å². The van der Waals surface area contributed by atoms with Crippen molar-refractivity contribution < 1.29 is 18.7 Å². The van der Waals surface area contributed by atoms with Gasteiger partial charge in [0.1, 0.15) is 18.1 Å². The van der Waals surface area contributed by atoms with Gasteiger partial charge < -0.3 is 14.5 Å². The molecule has 0 unspecified atom stereocenters. The van der Waals surface area contributed by atoms with Gasteiger partial charge in [0.15, 0.2) is 0 Å². The molecule has 0 fully saturated rings. The lowest BCUT2D eigenvalue weighted by molar-refractivity contribution is -0.123. The molecule has 6 nitrogen and oxygen atoms in total. The van der Waals surface area contributed by atoms with E-state index < -0.39 is 0 Å². The Morgan fingerprint density at radius 1 is 1.23 bits per heavy atom. The van der Waals surface area contributed by atoms with Crippen LogP contribution in [0, 0.1) is 0 Å². The summed E-state index contributed by atoms with van der Waals surface area (Å²) in [7, 11) is 1.52. The molecule has 1 aromatic carbocycles. The Labute approximate surface area is 128 Å². The number of nitrogens with zero attached hydrogens (tertiary/aromatic N) is 1. The number of para-hydroxylation sites is 2. The van der Waals surface area contributed by atoms with Gasteiger partial charge in [0.2, 0.25) is 11.8 Å². The number of carbonyl (C=O) groups is 2. The summed E-state index contributed by atoms with van der Waals surface area (Å²) in [5.41, 5.74) is 0.561. The van der Waals surface area contributed by atoms with E-state index in [0.717, 1.165) is 0 Å². The Morgan fingerprint density at radius 3 is 2.64 bits per heavy atom. The van der Waals surface area contributed by atoms with Crippen molar-refractivity contribution in [3.63, 3.8) is 0 Å². The third-order valence-corrected chi connectivity index (χ3v) is 3.10. The summed E-state index contributed by atoms with van der Waals surface area (Å²) in [4.78, 5) is 25.3. The van der Waals surface area contributed by atoms with Crippen molar-refractivity contribution in [3.05, 3.63) is 48.4 Å². The van der Waals surface area contributed by atoms with E-state index in [4.69, 9.17) is 9.15 Å². The molecule has 0 radical (unpaired) electrons. The molecule has 6 heteroatoms. The Hall–Kier alpha value is -2.76. The second-order valence-corrected chi connectivity index (χ2v) is 4.63. The van der Waals surface area contributed by atoms with Gasteiger partial charge >= 0.3 is 0 Å². The smallest absolute Gasteiger partial charge is 0.240 e. The molecule has 0 atom stereocenters. The summed E-state index contributed by atoms with van der Waals surface area (Å²) in [6, 6.07) is 10.6. The lowest BCUT2D eigenvalue weighted by atomic mass is 10.2. The molecule has 0 aliphatic heterocycles. The van der Waals surface area contributed by atoms with E-state index in [1.54, 1.807) is 36.4 Å². The Bertz CT molecular complexity index is 637. The van der Waals surface area contributed by atoms with Crippen LogP contribution in [0.25, 0.3) is 0 Å². The monoisotopic (exact) mass is 302 g/mol. The van der Waals surface area contributed by atoms with E-state index in [2.05, 4.69) is 5.32 Å². The summed E-state index contributed by atoms with van der Waals surface area (Å²) in [6.45, 7) is 1.60. The van der Waals surface area contributed by atoms with Crippen LogP contribution in [-0.4, -0.2) is 25.5 Å². The van der Waals surface area contributed by atoms with Crippen molar-refractivity contribution >= 4 is 17.5 Å². The molecule has 0 saturated heterocycles. The molecule has 22 heavy (non-hydrogen) atoms. The number of benzene rings is 1. The Balaban J connectivity index is 2.05.